The van der Waals surface area contributed by atoms with Gasteiger partial charge in [0.05, 0.1) is 0 Å². The lowest BCUT2D eigenvalue weighted by Crippen LogP contribution is -2.16. The van der Waals surface area contributed by atoms with Gasteiger partial charge in [-0.15, -0.1) is 0 Å². The molecular weight excluding hydrogens is 360 g/mol. The standard InChI is InChI=1S/C21H22N2O3S/c24-27(25)23-19-11-9-17(10-12-19)13-14-22-16-18-5-4-8-21(15-18)26-20-6-2-1-3-7-20/h1-12,15,22-23H,13-14,16H2,(H,24,25)/p-1. The van der Waals surface area contributed by atoms with Gasteiger partial charge in [0.1, 0.15) is 11.5 Å². The Morgan fingerprint density at radius 3 is 2.33 bits per heavy atom. The van der Waals surface area contributed by atoms with Crippen LogP contribution in [0.2, 0.25) is 0 Å². The van der Waals surface area contributed by atoms with E-state index in [0.717, 1.165) is 42.1 Å². The average Bonchev–Trinajstić information content (AvgIpc) is 2.67. The van der Waals surface area contributed by atoms with Gasteiger partial charge < -0.3 is 19.3 Å². The third-order valence-corrected chi connectivity index (χ3v) is 4.35. The second-order valence-electron chi connectivity index (χ2n) is 6.02. The normalized spacial score (nSPS) is 11.7. The molecule has 3 aromatic carbocycles. The Hall–Kier alpha value is -2.67. The summed E-state index contributed by atoms with van der Waals surface area (Å²) < 4.78 is 29.4. The Labute approximate surface area is 161 Å². The molecule has 6 heteroatoms. The molecule has 27 heavy (non-hydrogen) atoms. The van der Waals surface area contributed by atoms with Crippen molar-refractivity contribution >= 4 is 17.0 Å². The molecule has 0 fully saturated rings. The quantitative estimate of drug-likeness (QED) is 0.434. The third-order valence-electron chi connectivity index (χ3n) is 3.95. The molecule has 0 aliphatic heterocycles. The largest absolute Gasteiger partial charge is 0.755 e. The minimum absolute atomic E-state index is 0.565. The maximum atomic E-state index is 10.6. The molecular formula is C21H21N2O3S-. The smallest absolute Gasteiger partial charge is 0.127 e. The summed E-state index contributed by atoms with van der Waals surface area (Å²) in [6.07, 6.45) is 0.862. The number of hydrogen-bond acceptors (Lipinski definition) is 4. The maximum Gasteiger partial charge on any atom is 0.127 e. The minimum Gasteiger partial charge on any atom is -0.755 e. The van der Waals surface area contributed by atoms with Crippen LogP contribution in [-0.2, 0) is 24.2 Å². The molecule has 0 spiro atoms. The van der Waals surface area contributed by atoms with Gasteiger partial charge in [-0.05, 0) is 60.5 Å². The lowest BCUT2D eigenvalue weighted by molar-refractivity contribution is 0.481. The summed E-state index contributed by atoms with van der Waals surface area (Å²) in [6.45, 7) is 1.57. The van der Waals surface area contributed by atoms with E-state index in [-0.39, 0.29) is 0 Å². The van der Waals surface area contributed by atoms with E-state index < -0.39 is 11.3 Å². The Kier molecular flexibility index (Phi) is 6.98. The van der Waals surface area contributed by atoms with Crippen LogP contribution in [0, 0.1) is 0 Å². The molecule has 1 unspecified atom stereocenters. The van der Waals surface area contributed by atoms with Crippen LogP contribution >= 0.6 is 0 Å². The van der Waals surface area contributed by atoms with Gasteiger partial charge in [0, 0.05) is 23.5 Å². The first-order chi connectivity index (χ1) is 13.2. The summed E-state index contributed by atoms with van der Waals surface area (Å²) in [5, 5.41) is 3.42. The summed E-state index contributed by atoms with van der Waals surface area (Å²) >= 11 is -2.29. The second kappa shape index (κ2) is 9.87. The molecule has 0 aliphatic carbocycles. The van der Waals surface area contributed by atoms with Crippen LogP contribution < -0.4 is 14.8 Å². The zero-order valence-electron chi connectivity index (χ0n) is 14.8. The number of ether oxygens (including phenoxy) is 1. The van der Waals surface area contributed by atoms with Gasteiger partial charge in [0.15, 0.2) is 0 Å². The van der Waals surface area contributed by atoms with Gasteiger partial charge in [-0.25, -0.2) is 0 Å². The maximum absolute atomic E-state index is 10.6. The highest BCUT2D eigenvalue weighted by Gasteiger charge is 2.00. The van der Waals surface area contributed by atoms with E-state index in [2.05, 4.69) is 16.1 Å². The van der Waals surface area contributed by atoms with E-state index in [9.17, 15) is 8.76 Å². The number of rotatable bonds is 9. The van der Waals surface area contributed by atoms with Gasteiger partial charge in [-0.3, -0.25) is 4.21 Å². The predicted octanol–water partition coefficient (Wildman–Crippen LogP) is 4.02. The predicted molar refractivity (Wildman–Crippen MR) is 107 cm³/mol. The van der Waals surface area contributed by atoms with Crippen molar-refractivity contribution in [1.29, 1.82) is 0 Å². The zero-order valence-corrected chi connectivity index (χ0v) is 15.6. The van der Waals surface area contributed by atoms with Crippen molar-refractivity contribution in [3.8, 4) is 11.5 Å². The molecule has 140 valence electrons. The fourth-order valence-corrected chi connectivity index (χ4v) is 2.97. The summed E-state index contributed by atoms with van der Waals surface area (Å²) in [7, 11) is 0. The zero-order chi connectivity index (χ0) is 18.9. The van der Waals surface area contributed by atoms with Crippen LogP contribution in [0.5, 0.6) is 11.5 Å². The molecule has 5 nitrogen and oxygen atoms in total. The third kappa shape index (κ3) is 6.53. The van der Waals surface area contributed by atoms with E-state index >= 15 is 0 Å². The van der Waals surface area contributed by atoms with Crippen LogP contribution in [-0.4, -0.2) is 15.3 Å². The highest BCUT2D eigenvalue weighted by molar-refractivity contribution is 7.80. The van der Waals surface area contributed by atoms with E-state index in [0.29, 0.717) is 5.69 Å². The van der Waals surface area contributed by atoms with Gasteiger partial charge >= 0.3 is 0 Å². The van der Waals surface area contributed by atoms with Crippen LogP contribution in [0.25, 0.3) is 0 Å². The van der Waals surface area contributed by atoms with E-state index in [1.165, 1.54) is 0 Å². The summed E-state index contributed by atoms with van der Waals surface area (Å²) in [6, 6.07) is 25.1. The number of anilines is 1. The van der Waals surface area contributed by atoms with Crippen molar-refractivity contribution in [1.82, 2.24) is 5.32 Å². The van der Waals surface area contributed by atoms with E-state index in [1.807, 2.05) is 60.7 Å². The van der Waals surface area contributed by atoms with Gasteiger partial charge in [0.25, 0.3) is 0 Å². The fourth-order valence-electron chi connectivity index (χ4n) is 2.64. The average molecular weight is 381 g/mol. The van der Waals surface area contributed by atoms with Crippen molar-refractivity contribution in [2.24, 2.45) is 0 Å². The number of para-hydroxylation sites is 1. The molecule has 0 saturated carbocycles. The van der Waals surface area contributed by atoms with Crippen LogP contribution in [0.3, 0.4) is 0 Å². The first-order valence-electron chi connectivity index (χ1n) is 8.66. The Morgan fingerprint density at radius 1 is 0.852 bits per heavy atom. The van der Waals surface area contributed by atoms with Crippen molar-refractivity contribution in [3.05, 3.63) is 90.0 Å². The van der Waals surface area contributed by atoms with Gasteiger partial charge in [-0.1, -0.05) is 42.5 Å². The van der Waals surface area contributed by atoms with Gasteiger partial charge in [0.2, 0.25) is 0 Å². The molecule has 0 aliphatic rings. The first-order valence-corrected chi connectivity index (χ1v) is 9.74. The minimum atomic E-state index is -2.29. The molecule has 1 atom stereocenters. The Morgan fingerprint density at radius 2 is 1.59 bits per heavy atom. The number of nitrogens with one attached hydrogen (secondary N) is 2. The highest BCUT2D eigenvalue weighted by atomic mass is 32.2. The lowest BCUT2D eigenvalue weighted by Gasteiger charge is -2.10. The van der Waals surface area contributed by atoms with E-state index in [1.54, 1.807) is 12.1 Å². The molecule has 0 amide bonds. The molecule has 0 aromatic heterocycles. The summed E-state index contributed by atoms with van der Waals surface area (Å²) in [4.78, 5) is 0. The SMILES string of the molecule is O=S([O-])Nc1ccc(CCNCc2cccc(Oc3ccccc3)c2)cc1. The van der Waals surface area contributed by atoms with Gasteiger partial charge in [-0.2, -0.15) is 0 Å². The first kappa shape index (κ1) is 19.1. The van der Waals surface area contributed by atoms with Crippen molar-refractivity contribution in [2.75, 3.05) is 11.3 Å². The van der Waals surface area contributed by atoms with Crippen molar-refractivity contribution in [2.45, 2.75) is 13.0 Å². The van der Waals surface area contributed by atoms with Crippen LogP contribution in [0.4, 0.5) is 5.69 Å². The molecule has 0 heterocycles. The molecule has 0 saturated heterocycles. The number of benzene rings is 3. The summed E-state index contributed by atoms with van der Waals surface area (Å²) in [5.41, 5.74) is 2.86. The van der Waals surface area contributed by atoms with Crippen LogP contribution in [0.1, 0.15) is 11.1 Å². The van der Waals surface area contributed by atoms with Crippen molar-refractivity contribution in [3.63, 3.8) is 0 Å². The molecule has 2 N–H and O–H groups in total. The fraction of sp³-hybridized carbons (Fsp3) is 0.143. The Balaban J connectivity index is 1.45. The van der Waals surface area contributed by atoms with Crippen LogP contribution in [0.15, 0.2) is 78.9 Å². The Bertz CT molecular complexity index is 870. The molecule has 3 aromatic rings. The monoisotopic (exact) mass is 381 g/mol. The lowest BCUT2D eigenvalue weighted by atomic mass is 10.1. The second-order valence-corrected chi connectivity index (χ2v) is 6.70. The number of hydrogen-bond donors (Lipinski definition) is 2. The molecule has 0 bridgehead atoms. The molecule has 3 rings (SSSR count). The summed E-state index contributed by atoms with van der Waals surface area (Å²) in [5.74, 6) is 1.64. The highest BCUT2D eigenvalue weighted by Crippen LogP contribution is 2.21. The topological polar surface area (TPSA) is 73.4 Å². The molecule has 0 radical (unpaired) electrons. The van der Waals surface area contributed by atoms with E-state index in [4.69, 9.17) is 4.74 Å². The van der Waals surface area contributed by atoms with Crippen molar-refractivity contribution < 1.29 is 13.5 Å².